The second-order valence-corrected chi connectivity index (χ2v) is 11.8. The number of hydrogen-bond donors (Lipinski definition) is 0. The summed E-state index contributed by atoms with van der Waals surface area (Å²) < 4.78 is 15.1. The topological polar surface area (TPSA) is 0 Å². The highest BCUT2D eigenvalue weighted by atomic mass is 32.2. The van der Waals surface area contributed by atoms with Crippen LogP contribution < -0.4 is 0 Å². The Morgan fingerprint density at radius 2 is 1.21 bits per heavy atom. The summed E-state index contributed by atoms with van der Waals surface area (Å²) in [6, 6.07) is 12.7. The van der Waals surface area contributed by atoms with Crippen molar-refractivity contribution in [3.63, 3.8) is 0 Å². The summed E-state index contributed by atoms with van der Waals surface area (Å²) in [7, 11) is 0.399. The predicted molar refractivity (Wildman–Crippen MR) is 109 cm³/mol. The van der Waals surface area contributed by atoms with Gasteiger partial charge >= 0.3 is 0 Å². The molecule has 4 bridgehead atoms. The summed E-state index contributed by atoms with van der Waals surface area (Å²) in [5.74, 6) is 0.0335. The molecule has 1 aliphatic rings. The first-order valence-electron chi connectivity index (χ1n) is 8.38. The Labute approximate surface area is 151 Å². The maximum Gasteiger partial charge on any atom is 0.147 e. The van der Waals surface area contributed by atoms with Gasteiger partial charge in [0.1, 0.15) is 16.3 Å². The van der Waals surface area contributed by atoms with Crippen molar-refractivity contribution in [2.24, 2.45) is 0 Å². The van der Waals surface area contributed by atoms with Gasteiger partial charge in [0.05, 0.1) is 25.0 Å². The molecule has 0 amide bonds. The molecule has 2 unspecified atom stereocenters. The number of rotatable bonds is 2. The van der Waals surface area contributed by atoms with Crippen molar-refractivity contribution < 1.29 is 4.39 Å². The third-order valence-electron chi connectivity index (χ3n) is 5.22. The van der Waals surface area contributed by atoms with E-state index in [1.165, 1.54) is 16.7 Å². The molecule has 2 aromatic rings. The maximum atomic E-state index is 15.1. The zero-order valence-electron chi connectivity index (χ0n) is 15.2. The number of benzene rings is 2. The third-order valence-corrected chi connectivity index (χ3v) is 8.34. The molecular formula is C21H27FS2+2. The lowest BCUT2D eigenvalue weighted by molar-refractivity contribution is 0.587. The van der Waals surface area contributed by atoms with E-state index in [1.54, 1.807) is 0 Å². The van der Waals surface area contributed by atoms with Crippen molar-refractivity contribution in [2.45, 2.75) is 30.3 Å². The molecule has 0 aliphatic heterocycles. The Bertz CT molecular complexity index is 682. The van der Waals surface area contributed by atoms with Gasteiger partial charge in [0.25, 0.3) is 0 Å². The molecule has 0 saturated carbocycles. The van der Waals surface area contributed by atoms with Crippen LogP contribution in [-0.4, -0.2) is 25.0 Å². The lowest BCUT2D eigenvalue weighted by atomic mass is 9.90. The highest BCUT2D eigenvalue weighted by Gasteiger charge is 2.34. The van der Waals surface area contributed by atoms with Crippen LogP contribution >= 0.6 is 0 Å². The van der Waals surface area contributed by atoms with E-state index in [2.05, 4.69) is 50.1 Å². The zero-order valence-corrected chi connectivity index (χ0v) is 16.9. The summed E-state index contributed by atoms with van der Waals surface area (Å²) >= 11 is 0. The molecule has 0 N–H and O–H groups in total. The standard InChI is InChI=1S/C21H27FS2/c1-14-17-10-7-11-18(14)20(24(4)5)13-16-9-6-8-15(21(16)22)12-19(17)23(2)3/h6-11,19-20H,12-13H2,1-5H3/q+2. The summed E-state index contributed by atoms with van der Waals surface area (Å²) in [5.41, 5.74) is 6.04. The summed E-state index contributed by atoms with van der Waals surface area (Å²) in [5, 5.41) is 0.785. The van der Waals surface area contributed by atoms with Crippen molar-refractivity contribution in [1.29, 1.82) is 0 Å². The van der Waals surface area contributed by atoms with Crippen LogP contribution in [0.3, 0.4) is 0 Å². The van der Waals surface area contributed by atoms with Crippen molar-refractivity contribution in [1.82, 2.24) is 0 Å². The molecule has 3 heteroatoms. The molecule has 2 aromatic carbocycles. The van der Waals surface area contributed by atoms with Gasteiger partial charge in [0.2, 0.25) is 0 Å². The lowest BCUT2D eigenvalue weighted by Gasteiger charge is -2.24. The SMILES string of the molecule is Cc1c2cccc1C([S+](C)C)Cc1cccc(c1F)CC2[S+](C)C. The van der Waals surface area contributed by atoms with E-state index in [0.29, 0.717) is 10.5 Å². The lowest BCUT2D eigenvalue weighted by Crippen LogP contribution is -2.21. The number of halogens is 1. The number of hydrogen-bond acceptors (Lipinski definition) is 0. The van der Waals surface area contributed by atoms with Gasteiger partial charge in [0.15, 0.2) is 0 Å². The average Bonchev–Trinajstić information content (AvgIpc) is 2.52. The fourth-order valence-electron chi connectivity index (χ4n) is 3.78. The first kappa shape index (κ1) is 17.9. The highest BCUT2D eigenvalue weighted by molar-refractivity contribution is 7.96. The van der Waals surface area contributed by atoms with Gasteiger partial charge in [-0.05, 0) is 45.4 Å². The molecule has 0 nitrogen and oxygen atoms in total. The molecule has 128 valence electrons. The molecular weight excluding hydrogens is 335 g/mol. The largest absolute Gasteiger partial charge is 0.206 e. The monoisotopic (exact) mass is 362 g/mol. The second kappa shape index (κ2) is 7.13. The Hall–Kier alpha value is -0.930. The van der Waals surface area contributed by atoms with Crippen LogP contribution in [0, 0.1) is 12.7 Å². The Morgan fingerprint density at radius 3 is 1.62 bits per heavy atom. The second-order valence-electron chi connectivity index (χ2n) is 7.10. The zero-order chi connectivity index (χ0) is 17.4. The van der Waals surface area contributed by atoms with E-state index in [0.717, 1.165) is 24.0 Å². The first-order chi connectivity index (χ1) is 11.4. The normalized spacial score (nSPS) is 20.5. The fraction of sp³-hybridized carbons (Fsp3) is 0.429. The molecule has 1 aliphatic carbocycles. The van der Waals surface area contributed by atoms with Gasteiger partial charge in [-0.15, -0.1) is 0 Å². The molecule has 0 fully saturated rings. The molecule has 0 radical (unpaired) electrons. The van der Waals surface area contributed by atoms with Gasteiger partial charge < -0.3 is 0 Å². The Kier molecular flexibility index (Phi) is 5.31. The summed E-state index contributed by atoms with van der Waals surface area (Å²) in [6.45, 7) is 2.27. The van der Waals surface area contributed by atoms with Crippen LogP contribution in [-0.2, 0) is 34.6 Å². The third kappa shape index (κ3) is 3.25. The maximum absolute atomic E-state index is 15.1. The molecule has 0 saturated heterocycles. The average molecular weight is 363 g/mol. The quantitative estimate of drug-likeness (QED) is 0.675. The molecule has 3 rings (SSSR count). The minimum atomic E-state index is 0.0335. The van der Waals surface area contributed by atoms with Gasteiger partial charge in [-0.2, -0.15) is 0 Å². The van der Waals surface area contributed by atoms with E-state index in [-0.39, 0.29) is 27.6 Å². The van der Waals surface area contributed by atoms with Gasteiger partial charge in [-0.1, -0.05) is 36.4 Å². The highest BCUT2D eigenvalue weighted by Crippen LogP contribution is 2.38. The van der Waals surface area contributed by atoms with E-state index < -0.39 is 0 Å². The van der Waals surface area contributed by atoms with E-state index in [4.69, 9.17) is 0 Å². The molecule has 0 heterocycles. The molecule has 0 spiro atoms. The van der Waals surface area contributed by atoms with E-state index in [9.17, 15) is 0 Å². The predicted octanol–water partition coefficient (Wildman–Crippen LogP) is 4.77. The minimum absolute atomic E-state index is 0.0335. The summed E-state index contributed by atoms with van der Waals surface area (Å²) in [6.07, 6.45) is 10.7. The fourth-order valence-corrected chi connectivity index (χ4v) is 6.33. The molecule has 2 atom stereocenters. The van der Waals surface area contributed by atoms with Crippen LogP contribution in [0.25, 0.3) is 0 Å². The van der Waals surface area contributed by atoms with Gasteiger partial charge in [-0.3, -0.25) is 0 Å². The van der Waals surface area contributed by atoms with Crippen LogP contribution in [0.4, 0.5) is 4.39 Å². The van der Waals surface area contributed by atoms with E-state index >= 15 is 4.39 Å². The van der Waals surface area contributed by atoms with Crippen molar-refractivity contribution in [3.8, 4) is 0 Å². The Morgan fingerprint density at radius 1 is 0.792 bits per heavy atom. The van der Waals surface area contributed by atoms with Crippen LogP contribution in [0.2, 0.25) is 0 Å². The first-order valence-corrected chi connectivity index (χ1v) is 12.6. The van der Waals surface area contributed by atoms with Crippen LogP contribution in [0.15, 0.2) is 36.4 Å². The van der Waals surface area contributed by atoms with Crippen molar-refractivity contribution in [2.75, 3.05) is 25.0 Å². The Balaban J connectivity index is 2.25. The number of fused-ring (bicyclic) bond motifs is 4. The van der Waals surface area contributed by atoms with Crippen LogP contribution in [0.1, 0.15) is 38.3 Å². The van der Waals surface area contributed by atoms with Gasteiger partial charge in [0, 0.05) is 24.0 Å². The van der Waals surface area contributed by atoms with Crippen LogP contribution in [0.5, 0.6) is 0 Å². The van der Waals surface area contributed by atoms with Crippen molar-refractivity contribution in [3.05, 3.63) is 70.0 Å². The molecule has 0 aromatic heterocycles. The minimum Gasteiger partial charge on any atom is -0.206 e. The van der Waals surface area contributed by atoms with Gasteiger partial charge in [-0.25, -0.2) is 4.39 Å². The smallest absolute Gasteiger partial charge is 0.147 e. The molecule has 24 heavy (non-hydrogen) atoms. The summed E-state index contributed by atoms with van der Waals surface area (Å²) in [4.78, 5) is 0. The van der Waals surface area contributed by atoms with E-state index in [1.807, 2.05) is 18.2 Å². The van der Waals surface area contributed by atoms with Crippen molar-refractivity contribution >= 4 is 21.8 Å².